The minimum Gasteiger partial charge on any atom is -0.462 e. The molecule has 1 amide bonds. The summed E-state index contributed by atoms with van der Waals surface area (Å²) in [6.07, 6.45) is 1.35. The zero-order valence-corrected chi connectivity index (χ0v) is 12.1. The predicted molar refractivity (Wildman–Crippen MR) is 79.6 cm³/mol. The Bertz CT molecular complexity index is 777. The van der Waals surface area contributed by atoms with Crippen molar-refractivity contribution in [1.29, 1.82) is 0 Å². The molecular weight excluding hydrogens is 272 g/mol. The molecule has 1 aromatic carbocycles. The number of carbonyl (C=O) groups is 2. The van der Waals surface area contributed by atoms with E-state index in [4.69, 9.17) is 4.74 Å². The smallest absolute Gasteiger partial charge is 0.343 e. The van der Waals surface area contributed by atoms with Crippen molar-refractivity contribution in [3.05, 3.63) is 39.7 Å². The van der Waals surface area contributed by atoms with Gasteiger partial charge in [0, 0.05) is 29.7 Å². The Hall–Kier alpha value is -2.63. The van der Waals surface area contributed by atoms with Crippen molar-refractivity contribution in [2.24, 2.45) is 0 Å². The summed E-state index contributed by atoms with van der Waals surface area (Å²) in [5, 5.41) is 2.99. The molecule has 0 saturated carbocycles. The lowest BCUT2D eigenvalue weighted by molar-refractivity contribution is -0.114. The van der Waals surface area contributed by atoms with Gasteiger partial charge in [0.2, 0.25) is 11.3 Å². The lowest BCUT2D eigenvalue weighted by Crippen LogP contribution is -2.18. The van der Waals surface area contributed by atoms with E-state index in [-0.39, 0.29) is 18.1 Å². The molecule has 6 nitrogen and oxygen atoms in total. The van der Waals surface area contributed by atoms with Crippen LogP contribution in [0.5, 0.6) is 0 Å². The highest BCUT2D eigenvalue weighted by Gasteiger charge is 2.15. The number of hydrogen-bond acceptors (Lipinski definition) is 4. The van der Waals surface area contributed by atoms with Crippen molar-refractivity contribution < 1.29 is 14.3 Å². The van der Waals surface area contributed by atoms with Gasteiger partial charge in [0.1, 0.15) is 5.56 Å². The number of rotatable bonds is 3. The van der Waals surface area contributed by atoms with Gasteiger partial charge < -0.3 is 15.0 Å². The van der Waals surface area contributed by atoms with Crippen LogP contribution >= 0.6 is 0 Å². The number of carbonyl (C=O) groups excluding carboxylic acids is 2. The molecule has 0 spiro atoms. The Balaban J connectivity index is 2.63. The molecule has 0 radical (unpaired) electrons. The molecule has 0 aliphatic carbocycles. The van der Waals surface area contributed by atoms with Gasteiger partial charge in [0.15, 0.2) is 0 Å². The van der Waals surface area contributed by atoms with Crippen LogP contribution in [0.15, 0.2) is 23.1 Å². The number of benzene rings is 1. The van der Waals surface area contributed by atoms with Crippen molar-refractivity contribution in [1.82, 2.24) is 4.98 Å². The first-order chi connectivity index (χ1) is 9.93. The first kappa shape index (κ1) is 14.8. The monoisotopic (exact) mass is 288 g/mol. The lowest BCUT2D eigenvalue weighted by Gasteiger charge is -2.09. The Morgan fingerprint density at radius 2 is 2.05 bits per heavy atom. The third-order valence-electron chi connectivity index (χ3n) is 3.03. The van der Waals surface area contributed by atoms with Gasteiger partial charge in [-0.05, 0) is 31.5 Å². The number of amides is 1. The van der Waals surface area contributed by atoms with E-state index < -0.39 is 11.4 Å². The van der Waals surface area contributed by atoms with E-state index in [0.29, 0.717) is 16.6 Å². The van der Waals surface area contributed by atoms with Crippen LogP contribution in [-0.4, -0.2) is 23.5 Å². The number of esters is 1. The van der Waals surface area contributed by atoms with Gasteiger partial charge in [-0.25, -0.2) is 4.79 Å². The van der Waals surface area contributed by atoms with Crippen molar-refractivity contribution in [2.45, 2.75) is 20.8 Å². The number of anilines is 1. The Morgan fingerprint density at radius 1 is 1.33 bits per heavy atom. The molecule has 0 aliphatic heterocycles. The number of pyridine rings is 1. The Morgan fingerprint density at radius 3 is 2.67 bits per heavy atom. The molecule has 0 saturated heterocycles. The lowest BCUT2D eigenvalue weighted by atomic mass is 10.1. The average molecular weight is 288 g/mol. The van der Waals surface area contributed by atoms with Crippen molar-refractivity contribution in [3.63, 3.8) is 0 Å². The van der Waals surface area contributed by atoms with Crippen LogP contribution in [0, 0.1) is 6.92 Å². The highest BCUT2D eigenvalue weighted by atomic mass is 16.5. The molecule has 110 valence electrons. The van der Waals surface area contributed by atoms with Gasteiger partial charge in [-0.1, -0.05) is 0 Å². The molecule has 2 aromatic rings. The first-order valence-electron chi connectivity index (χ1n) is 6.54. The minimum atomic E-state index is -0.665. The third-order valence-corrected chi connectivity index (χ3v) is 3.03. The van der Waals surface area contributed by atoms with Gasteiger partial charge in [-0.2, -0.15) is 0 Å². The van der Waals surface area contributed by atoms with Crippen LogP contribution in [0.25, 0.3) is 10.9 Å². The molecule has 21 heavy (non-hydrogen) atoms. The summed E-state index contributed by atoms with van der Waals surface area (Å²) in [6, 6.07) is 3.31. The largest absolute Gasteiger partial charge is 0.462 e. The number of fused-ring (bicyclic) bond motifs is 1. The van der Waals surface area contributed by atoms with E-state index in [1.165, 1.54) is 13.1 Å². The van der Waals surface area contributed by atoms with E-state index in [9.17, 15) is 14.4 Å². The summed E-state index contributed by atoms with van der Waals surface area (Å²) in [7, 11) is 0. The van der Waals surface area contributed by atoms with Crippen LogP contribution in [0.4, 0.5) is 5.69 Å². The van der Waals surface area contributed by atoms with Crippen LogP contribution in [0.2, 0.25) is 0 Å². The minimum absolute atomic E-state index is 0.0537. The topological polar surface area (TPSA) is 88.3 Å². The van der Waals surface area contributed by atoms with Crippen molar-refractivity contribution in [2.75, 3.05) is 11.9 Å². The molecule has 1 heterocycles. The molecule has 1 aromatic heterocycles. The van der Waals surface area contributed by atoms with Gasteiger partial charge in [-0.3, -0.25) is 9.59 Å². The summed E-state index contributed by atoms with van der Waals surface area (Å²) < 4.78 is 4.85. The number of ether oxygens (including phenoxy) is 1. The fourth-order valence-corrected chi connectivity index (χ4v) is 2.06. The van der Waals surface area contributed by atoms with Crippen LogP contribution in [0.3, 0.4) is 0 Å². The Labute approximate surface area is 121 Å². The molecule has 2 N–H and O–H groups in total. The quantitative estimate of drug-likeness (QED) is 0.845. The van der Waals surface area contributed by atoms with Gasteiger partial charge in [0.25, 0.3) is 0 Å². The van der Waals surface area contributed by atoms with E-state index in [2.05, 4.69) is 10.3 Å². The maximum atomic E-state index is 12.4. The third kappa shape index (κ3) is 2.94. The highest BCUT2D eigenvalue weighted by Crippen LogP contribution is 2.20. The molecule has 0 fully saturated rings. The summed E-state index contributed by atoms with van der Waals surface area (Å²) in [6.45, 7) is 5.08. The van der Waals surface area contributed by atoms with Crippen LogP contribution < -0.4 is 10.7 Å². The number of nitrogens with one attached hydrogen (secondary N) is 2. The van der Waals surface area contributed by atoms with E-state index in [1.807, 2.05) is 6.92 Å². The number of aromatic amines is 1. The maximum absolute atomic E-state index is 12.4. The molecule has 2 rings (SSSR count). The highest BCUT2D eigenvalue weighted by molar-refractivity contribution is 5.97. The first-order valence-corrected chi connectivity index (χ1v) is 6.54. The number of H-pyrrole nitrogens is 1. The van der Waals surface area contributed by atoms with Crippen LogP contribution in [-0.2, 0) is 9.53 Å². The van der Waals surface area contributed by atoms with E-state index >= 15 is 0 Å². The SMILES string of the molecule is CCOC(=O)c1c[nH]c2cc(C)c(NC(C)=O)cc2c1=O. The molecule has 0 unspecified atom stereocenters. The van der Waals surface area contributed by atoms with Gasteiger partial charge in [0.05, 0.1) is 6.61 Å². The van der Waals surface area contributed by atoms with Gasteiger partial charge >= 0.3 is 5.97 Å². The van der Waals surface area contributed by atoms with E-state index in [0.717, 1.165) is 5.56 Å². The predicted octanol–water partition coefficient (Wildman–Crippen LogP) is 1.97. The van der Waals surface area contributed by atoms with Gasteiger partial charge in [-0.15, -0.1) is 0 Å². The number of aryl methyl sites for hydroxylation is 1. The maximum Gasteiger partial charge on any atom is 0.343 e. The summed E-state index contributed by atoms with van der Waals surface area (Å²) in [5.74, 6) is -0.891. The fraction of sp³-hybridized carbons (Fsp3) is 0.267. The van der Waals surface area contributed by atoms with E-state index in [1.54, 1.807) is 19.1 Å². The van der Waals surface area contributed by atoms with Crippen molar-refractivity contribution >= 4 is 28.5 Å². The standard InChI is InChI=1S/C15H16N2O4/c1-4-21-15(20)11-7-16-13-5-8(2)12(17-9(3)18)6-10(13)14(11)19/h5-7H,4H2,1-3H3,(H,16,19)(H,17,18). The zero-order valence-electron chi connectivity index (χ0n) is 12.1. The average Bonchev–Trinajstić information content (AvgIpc) is 2.40. The second kappa shape index (κ2) is 5.78. The Kier molecular flexibility index (Phi) is 4.07. The summed E-state index contributed by atoms with van der Waals surface area (Å²) in [4.78, 5) is 38.2. The second-order valence-corrected chi connectivity index (χ2v) is 4.65. The van der Waals surface area contributed by atoms with Crippen LogP contribution in [0.1, 0.15) is 29.8 Å². The van der Waals surface area contributed by atoms with Crippen molar-refractivity contribution in [3.8, 4) is 0 Å². The summed E-state index contributed by atoms with van der Waals surface area (Å²) in [5.41, 5.74) is 1.48. The molecular formula is C15H16N2O4. The number of hydrogen-bond donors (Lipinski definition) is 2. The number of aromatic nitrogens is 1. The second-order valence-electron chi connectivity index (χ2n) is 4.65. The molecule has 0 aliphatic rings. The normalized spacial score (nSPS) is 10.4. The fourth-order valence-electron chi connectivity index (χ4n) is 2.06. The molecule has 0 atom stereocenters. The molecule has 6 heteroatoms. The molecule has 0 bridgehead atoms. The summed E-state index contributed by atoms with van der Waals surface area (Å²) >= 11 is 0. The zero-order chi connectivity index (χ0) is 15.6.